The summed E-state index contributed by atoms with van der Waals surface area (Å²) in [5, 5.41) is 61.4. The zero-order valence-electron chi connectivity index (χ0n) is 19.7. The third-order valence-corrected chi connectivity index (χ3v) is 6.29. The molecule has 4 aromatic rings. The van der Waals surface area contributed by atoms with Gasteiger partial charge in [-0.25, -0.2) is 0 Å². The molecule has 5 rings (SSSR count). The van der Waals surface area contributed by atoms with Crippen LogP contribution in [0.5, 0.6) is 46.0 Å². The Bertz CT molecular complexity index is 1500. The first-order valence-corrected chi connectivity index (χ1v) is 11.4. The van der Waals surface area contributed by atoms with Crippen molar-refractivity contribution in [1.82, 2.24) is 0 Å². The third kappa shape index (κ3) is 4.52. The van der Waals surface area contributed by atoms with Crippen LogP contribution in [-0.2, 0) is 0 Å². The summed E-state index contributed by atoms with van der Waals surface area (Å²) in [5.74, 6) is -0.713. The Hall–Kier alpha value is -4.98. The van der Waals surface area contributed by atoms with Crippen molar-refractivity contribution in [2.24, 2.45) is 0 Å². The van der Waals surface area contributed by atoms with Crippen molar-refractivity contribution in [3.05, 3.63) is 94.5 Å². The molecular formula is C29H24O8. The van der Waals surface area contributed by atoms with E-state index in [-0.39, 0.29) is 34.5 Å². The second kappa shape index (κ2) is 9.23. The Morgan fingerprint density at radius 1 is 0.676 bits per heavy atom. The molecule has 0 aromatic heterocycles. The molecule has 4 aromatic carbocycles. The minimum Gasteiger partial charge on any atom is -0.508 e. The molecule has 37 heavy (non-hydrogen) atoms. The number of fused-ring (bicyclic) bond motifs is 1. The molecule has 0 spiro atoms. The lowest BCUT2D eigenvalue weighted by atomic mass is 9.84. The first-order valence-electron chi connectivity index (χ1n) is 11.4. The van der Waals surface area contributed by atoms with Gasteiger partial charge < -0.3 is 40.1 Å². The quantitative estimate of drug-likeness (QED) is 0.201. The topological polar surface area (TPSA) is 140 Å². The lowest BCUT2D eigenvalue weighted by molar-refractivity contribution is 0.217. The molecule has 0 fully saturated rings. The van der Waals surface area contributed by atoms with Crippen LogP contribution in [0.4, 0.5) is 0 Å². The maximum Gasteiger partial charge on any atom is 0.161 e. The Morgan fingerprint density at radius 2 is 1.41 bits per heavy atom. The van der Waals surface area contributed by atoms with Gasteiger partial charge in [0.2, 0.25) is 0 Å². The first-order chi connectivity index (χ1) is 17.7. The van der Waals surface area contributed by atoms with Crippen molar-refractivity contribution in [2.75, 3.05) is 7.11 Å². The van der Waals surface area contributed by atoms with Gasteiger partial charge in [-0.1, -0.05) is 18.2 Å². The summed E-state index contributed by atoms with van der Waals surface area (Å²) in [6.45, 7) is 0. The van der Waals surface area contributed by atoms with Crippen LogP contribution < -0.4 is 9.47 Å². The van der Waals surface area contributed by atoms with Gasteiger partial charge in [0.05, 0.1) is 13.0 Å². The Kier molecular flexibility index (Phi) is 5.93. The molecule has 0 saturated carbocycles. The van der Waals surface area contributed by atoms with Crippen LogP contribution in [0.2, 0.25) is 0 Å². The molecule has 1 heterocycles. The molecule has 0 bridgehead atoms. The van der Waals surface area contributed by atoms with Crippen molar-refractivity contribution in [3.63, 3.8) is 0 Å². The van der Waals surface area contributed by atoms with E-state index in [1.54, 1.807) is 36.4 Å². The van der Waals surface area contributed by atoms with E-state index in [9.17, 15) is 30.6 Å². The monoisotopic (exact) mass is 500 g/mol. The number of phenols is 6. The van der Waals surface area contributed by atoms with Crippen LogP contribution in [0.1, 0.15) is 39.8 Å². The van der Waals surface area contributed by atoms with Crippen molar-refractivity contribution in [1.29, 1.82) is 0 Å². The molecule has 1 aliphatic rings. The molecule has 1 aliphatic heterocycles. The number of hydrogen-bond donors (Lipinski definition) is 6. The zero-order valence-corrected chi connectivity index (χ0v) is 19.7. The Morgan fingerprint density at radius 3 is 2.11 bits per heavy atom. The lowest BCUT2D eigenvalue weighted by Gasteiger charge is -2.21. The number of rotatable bonds is 5. The van der Waals surface area contributed by atoms with Crippen LogP contribution in [0, 0.1) is 0 Å². The second-order valence-corrected chi connectivity index (χ2v) is 8.76. The van der Waals surface area contributed by atoms with Crippen LogP contribution in [0.25, 0.3) is 12.2 Å². The minimum absolute atomic E-state index is 0.0239. The van der Waals surface area contributed by atoms with E-state index in [0.29, 0.717) is 33.8 Å². The fourth-order valence-electron chi connectivity index (χ4n) is 4.64. The molecule has 2 atom stereocenters. The van der Waals surface area contributed by atoms with Crippen molar-refractivity contribution in [3.8, 4) is 46.0 Å². The Balaban J connectivity index is 1.59. The summed E-state index contributed by atoms with van der Waals surface area (Å²) >= 11 is 0. The minimum atomic E-state index is -0.830. The summed E-state index contributed by atoms with van der Waals surface area (Å²) in [6, 6.07) is 16.4. The van der Waals surface area contributed by atoms with E-state index >= 15 is 0 Å². The number of aromatic hydroxyl groups is 6. The average molecular weight is 501 g/mol. The maximum atomic E-state index is 11.1. The Labute approximate surface area is 212 Å². The average Bonchev–Trinajstić information content (AvgIpc) is 3.22. The van der Waals surface area contributed by atoms with E-state index in [0.717, 1.165) is 5.56 Å². The molecule has 6 N–H and O–H groups in total. The first kappa shape index (κ1) is 23.7. The number of hydrogen-bond acceptors (Lipinski definition) is 8. The van der Waals surface area contributed by atoms with Gasteiger partial charge >= 0.3 is 0 Å². The summed E-state index contributed by atoms with van der Waals surface area (Å²) in [7, 11) is 1.46. The van der Waals surface area contributed by atoms with Crippen molar-refractivity contribution >= 4 is 12.2 Å². The van der Waals surface area contributed by atoms with E-state index in [4.69, 9.17) is 9.47 Å². The fourth-order valence-corrected chi connectivity index (χ4v) is 4.64. The standard InChI is InChI=1S/C29H24O8/c1-36-25-9-15(4-7-22(25)33)2-3-16-8-24(35)28-26(10-16)37-29(21-6-5-18(30)14-23(21)34)27(28)17-11-19(31)13-20(32)12-17/h2-14,27,29-35H,1H3/b3-2-/t27-,29+/m0/s1. The van der Waals surface area contributed by atoms with Crippen molar-refractivity contribution in [2.45, 2.75) is 12.0 Å². The number of methoxy groups -OCH3 is 1. The van der Waals surface area contributed by atoms with Crippen LogP contribution in [0.15, 0.2) is 66.7 Å². The van der Waals surface area contributed by atoms with Gasteiger partial charge in [0.15, 0.2) is 11.5 Å². The summed E-state index contributed by atoms with van der Waals surface area (Å²) < 4.78 is 11.4. The SMILES string of the molecule is COc1cc(/C=C\c2cc(O)c3c(c2)O[C@H](c2ccc(O)cc2O)[C@H]3c2cc(O)cc(O)c2)ccc1O. The molecule has 0 amide bonds. The molecule has 0 radical (unpaired) electrons. The third-order valence-electron chi connectivity index (χ3n) is 6.29. The highest BCUT2D eigenvalue weighted by Gasteiger charge is 2.40. The van der Waals surface area contributed by atoms with Gasteiger partial charge in [-0.15, -0.1) is 0 Å². The van der Waals surface area contributed by atoms with Crippen LogP contribution >= 0.6 is 0 Å². The normalized spacial score (nSPS) is 16.5. The van der Waals surface area contributed by atoms with E-state index in [1.807, 2.05) is 0 Å². The largest absolute Gasteiger partial charge is 0.508 e. The molecule has 8 nitrogen and oxygen atoms in total. The highest BCUT2D eigenvalue weighted by molar-refractivity contribution is 5.74. The van der Waals surface area contributed by atoms with Gasteiger partial charge in [-0.2, -0.15) is 0 Å². The van der Waals surface area contributed by atoms with Gasteiger partial charge in [-0.05, 0) is 65.2 Å². The molecule has 0 aliphatic carbocycles. The predicted octanol–water partition coefficient (Wildman–Crippen LogP) is 5.36. The fraction of sp³-hybridized carbons (Fsp3) is 0.103. The molecular weight excluding hydrogens is 476 g/mol. The molecule has 0 unspecified atom stereocenters. The van der Waals surface area contributed by atoms with Gasteiger partial charge in [-0.3, -0.25) is 0 Å². The summed E-state index contributed by atoms with van der Waals surface area (Å²) in [6.07, 6.45) is 2.71. The number of benzene rings is 4. The number of ether oxygens (including phenoxy) is 2. The predicted molar refractivity (Wildman–Crippen MR) is 136 cm³/mol. The maximum absolute atomic E-state index is 11.1. The summed E-state index contributed by atoms with van der Waals surface area (Å²) in [5.41, 5.74) is 2.62. The van der Waals surface area contributed by atoms with E-state index < -0.39 is 12.0 Å². The van der Waals surface area contributed by atoms with Crippen molar-refractivity contribution < 1.29 is 40.1 Å². The van der Waals surface area contributed by atoms with E-state index in [1.165, 1.54) is 49.6 Å². The van der Waals surface area contributed by atoms with Crippen LogP contribution in [-0.4, -0.2) is 37.7 Å². The molecule has 8 heteroatoms. The molecule has 188 valence electrons. The summed E-state index contributed by atoms with van der Waals surface area (Å²) in [4.78, 5) is 0. The second-order valence-electron chi connectivity index (χ2n) is 8.76. The molecule has 0 saturated heterocycles. The highest BCUT2D eigenvalue weighted by atomic mass is 16.5. The van der Waals surface area contributed by atoms with Gasteiger partial charge in [0.25, 0.3) is 0 Å². The number of phenolic OH excluding ortho intramolecular Hbond substituents is 6. The highest BCUT2D eigenvalue weighted by Crippen LogP contribution is 2.55. The smallest absolute Gasteiger partial charge is 0.161 e. The zero-order chi connectivity index (χ0) is 26.3. The van der Waals surface area contributed by atoms with Gasteiger partial charge in [0.1, 0.15) is 40.6 Å². The van der Waals surface area contributed by atoms with E-state index in [2.05, 4.69) is 0 Å². The lowest BCUT2D eigenvalue weighted by Crippen LogP contribution is -2.11. The van der Waals surface area contributed by atoms with Crippen LogP contribution in [0.3, 0.4) is 0 Å². The van der Waals surface area contributed by atoms with Gasteiger partial charge in [0, 0.05) is 23.3 Å².